The van der Waals surface area contributed by atoms with Crippen molar-refractivity contribution in [3.05, 3.63) is 35.9 Å². The van der Waals surface area contributed by atoms with Crippen molar-refractivity contribution in [3.63, 3.8) is 0 Å². The maximum atomic E-state index is 10.5. The lowest BCUT2D eigenvalue weighted by Crippen LogP contribution is -2.29. The molecule has 1 rings (SSSR count). The molecule has 1 aromatic rings. The number of hydrogen-bond acceptors (Lipinski definition) is 3. The fourth-order valence-corrected chi connectivity index (χ4v) is 1.47. The predicted octanol–water partition coefficient (Wildman–Crippen LogP) is 1.82. The molecule has 0 aliphatic heterocycles. The molecule has 0 spiro atoms. The molecular weight excluding hydrogens is 220 g/mol. The van der Waals surface area contributed by atoms with Crippen LogP contribution in [0.25, 0.3) is 0 Å². The third kappa shape index (κ3) is 6.04. The number of ether oxygens (including phenoxy) is 1. The number of benzene rings is 1. The van der Waals surface area contributed by atoms with Crippen molar-refractivity contribution in [1.29, 1.82) is 0 Å². The minimum absolute atomic E-state index is 0.262. The highest BCUT2D eigenvalue weighted by molar-refractivity contribution is 5.67. The van der Waals surface area contributed by atoms with Gasteiger partial charge in [-0.15, -0.1) is 0 Å². The molecule has 0 heterocycles. The largest absolute Gasteiger partial charge is 0.481 e. The smallest absolute Gasteiger partial charge is 0.306 e. The van der Waals surface area contributed by atoms with Crippen LogP contribution in [0.4, 0.5) is 0 Å². The van der Waals surface area contributed by atoms with Gasteiger partial charge < -0.3 is 14.9 Å². The Morgan fingerprint density at radius 3 is 2.59 bits per heavy atom. The van der Waals surface area contributed by atoms with Gasteiger partial charge in [-0.1, -0.05) is 30.3 Å². The summed E-state index contributed by atoms with van der Waals surface area (Å²) in [4.78, 5) is 10.5. The number of carboxylic acid groups (broad SMARTS) is 1. The van der Waals surface area contributed by atoms with Gasteiger partial charge in [-0.05, 0) is 18.9 Å². The number of carbonyl (C=O) groups is 1. The summed E-state index contributed by atoms with van der Waals surface area (Å²) in [6, 6.07) is 9.70. The monoisotopic (exact) mass is 238 g/mol. The highest BCUT2D eigenvalue weighted by Crippen LogP contribution is 2.14. The van der Waals surface area contributed by atoms with Crippen LogP contribution in [0.15, 0.2) is 30.3 Å². The van der Waals surface area contributed by atoms with Gasteiger partial charge in [0, 0.05) is 6.61 Å². The van der Waals surface area contributed by atoms with Crippen molar-refractivity contribution >= 4 is 5.97 Å². The van der Waals surface area contributed by atoms with E-state index in [-0.39, 0.29) is 6.42 Å². The molecule has 1 atom stereocenters. The first-order valence-corrected chi connectivity index (χ1v) is 5.55. The van der Waals surface area contributed by atoms with Crippen LogP contribution >= 0.6 is 0 Å². The fourth-order valence-electron chi connectivity index (χ4n) is 1.47. The van der Waals surface area contributed by atoms with E-state index in [1.54, 1.807) is 0 Å². The second-order valence-corrected chi connectivity index (χ2v) is 4.36. The molecular formula is C13H18O4. The number of carboxylic acids is 1. The van der Waals surface area contributed by atoms with Gasteiger partial charge in [-0.3, -0.25) is 4.79 Å². The number of aliphatic hydroxyl groups is 1. The van der Waals surface area contributed by atoms with Crippen LogP contribution in [-0.4, -0.2) is 28.4 Å². The van der Waals surface area contributed by atoms with E-state index < -0.39 is 11.6 Å². The van der Waals surface area contributed by atoms with Crippen molar-refractivity contribution in [1.82, 2.24) is 0 Å². The molecule has 4 nitrogen and oxygen atoms in total. The van der Waals surface area contributed by atoms with Gasteiger partial charge in [-0.2, -0.15) is 0 Å². The molecule has 0 aliphatic rings. The molecule has 4 heteroatoms. The van der Waals surface area contributed by atoms with Crippen molar-refractivity contribution in [3.8, 4) is 0 Å². The van der Waals surface area contributed by atoms with E-state index in [9.17, 15) is 9.90 Å². The molecule has 0 fully saturated rings. The average Bonchev–Trinajstić information content (AvgIpc) is 2.24. The maximum Gasteiger partial charge on any atom is 0.306 e. The number of aliphatic carboxylic acids is 1. The van der Waals surface area contributed by atoms with Gasteiger partial charge in [0.1, 0.15) is 0 Å². The zero-order chi connectivity index (χ0) is 12.7. The zero-order valence-corrected chi connectivity index (χ0v) is 9.93. The van der Waals surface area contributed by atoms with E-state index in [2.05, 4.69) is 0 Å². The number of rotatable bonds is 7. The van der Waals surface area contributed by atoms with E-state index in [0.717, 1.165) is 5.56 Å². The summed E-state index contributed by atoms with van der Waals surface area (Å²) in [7, 11) is 0. The van der Waals surface area contributed by atoms with Crippen LogP contribution in [-0.2, 0) is 16.1 Å². The lowest BCUT2D eigenvalue weighted by Gasteiger charge is -2.20. The van der Waals surface area contributed by atoms with Crippen molar-refractivity contribution in [2.75, 3.05) is 6.61 Å². The second kappa shape index (κ2) is 6.37. The molecule has 2 N–H and O–H groups in total. The van der Waals surface area contributed by atoms with Crippen LogP contribution in [0.3, 0.4) is 0 Å². The first-order chi connectivity index (χ1) is 7.99. The Bertz CT molecular complexity index is 346. The summed E-state index contributed by atoms with van der Waals surface area (Å²) in [6.07, 6.45) is 0.0494. The summed E-state index contributed by atoms with van der Waals surface area (Å²) in [6.45, 7) is 2.33. The molecule has 17 heavy (non-hydrogen) atoms. The third-order valence-electron chi connectivity index (χ3n) is 2.43. The molecule has 0 amide bonds. The van der Waals surface area contributed by atoms with E-state index >= 15 is 0 Å². The molecule has 0 bridgehead atoms. The lowest BCUT2D eigenvalue weighted by molar-refractivity contribution is -0.142. The Balaban J connectivity index is 2.22. The summed E-state index contributed by atoms with van der Waals surface area (Å²) < 4.78 is 5.38. The first-order valence-electron chi connectivity index (χ1n) is 5.55. The van der Waals surface area contributed by atoms with Crippen molar-refractivity contribution < 1.29 is 19.7 Å². The zero-order valence-electron chi connectivity index (χ0n) is 9.93. The molecule has 0 unspecified atom stereocenters. The Kier molecular flexibility index (Phi) is 5.12. The minimum atomic E-state index is -1.21. The Labute approximate surface area is 101 Å². The minimum Gasteiger partial charge on any atom is -0.481 e. The van der Waals surface area contributed by atoms with Gasteiger partial charge >= 0.3 is 5.97 Å². The van der Waals surface area contributed by atoms with E-state index in [1.165, 1.54) is 6.92 Å². The Hall–Kier alpha value is -1.39. The van der Waals surface area contributed by atoms with Crippen LogP contribution < -0.4 is 0 Å². The topological polar surface area (TPSA) is 66.8 Å². The summed E-state index contributed by atoms with van der Waals surface area (Å²) in [5.74, 6) is -1.00. The fraction of sp³-hybridized carbons (Fsp3) is 0.462. The van der Waals surface area contributed by atoms with Crippen LogP contribution in [0.1, 0.15) is 25.3 Å². The van der Waals surface area contributed by atoms with Crippen LogP contribution in [0.5, 0.6) is 0 Å². The second-order valence-electron chi connectivity index (χ2n) is 4.36. The highest BCUT2D eigenvalue weighted by atomic mass is 16.5. The van der Waals surface area contributed by atoms with E-state index in [4.69, 9.17) is 9.84 Å². The van der Waals surface area contributed by atoms with E-state index in [0.29, 0.717) is 19.6 Å². The Morgan fingerprint density at radius 2 is 2.00 bits per heavy atom. The normalized spacial score (nSPS) is 14.2. The van der Waals surface area contributed by atoms with Crippen molar-refractivity contribution in [2.24, 2.45) is 0 Å². The average molecular weight is 238 g/mol. The van der Waals surface area contributed by atoms with Crippen LogP contribution in [0.2, 0.25) is 0 Å². The maximum absolute atomic E-state index is 10.5. The predicted molar refractivity (Wildman–Crippen MR) is 63.6 cm³/mol. The molecule has 0 saturated heterocycles. The highest BCUT2D eigenvalue weighted by Gasteiger charge is 2.23. The van der Waals surface area contributed by atoms with Gasteiger partial charge in [0.25, 0.3) is 0 Å². The molecule has 0 saturated carbocycles. The first kappa shape index (κ1) is 13.7. The van der Waals surface area contributed by atoms with Gasteiger partial charge in [0.15, 0.2) is 0 Å². The molecule has 94 valence electrons. The summed E-state index contributed by atoms with van der Waals surface area (Å²) in [5.41, 5.74) is -0.145. The van der Waals surface area contributed by atoms with Crippen molar-refractivity contribution in [2.45, 2.75) is 32.0 Å². The van der Waals surface area contributed by atoms with E-state index in [1.807, 2.05) is 30.3 Å². The molecule has 1 aromatic carbocycles. The summed E-state index contributed by atoms with van der Waals surface area (Å²) in [5, 5.41) is 18.3. The third-order valence-corrected chi connectivity index (χ3v) is 2.43. The Morgan fingerprint density at radius 1 is 1.35 bits per heavy atom. The van der Waals surface area contributed by atoms with Gasteiger partial charge in [0.05, 0.1) is 18.6 Å². The SMILES string of the molecule is C[C@@](O)(CCOCc1ccccc1)CC(=O)O. The number of hydrogen-bond donors (Lipinski definition) is 2. The van der Waals surface area contributed by atoms with Crippen LogP contribution in [0, 0.1) is 0 Å². The molecule has 0 aromatic heterocycles. The quantitative estimate of drug-likeness (QED) is 0.711. The summed E-state index contributed by atoms with van der Waals surface area (Å²) >= 11 is 0. The molecule has 0 aliphatic carbocycles. The lowest BCUT2D eigenvalue weighted by atomic mass is 9.99. The standard InChI is InChI=1S/C13H18O4/c1-13(16,9-12(14)15)7-8-17-10-11-5-3-2-4-6-11/h2-6,16H,7-10H2,1H3,(H,14,15)/t13-/m1/s1. The molecule has 0 radical (unpaired) electrons. The van der Waals surface area contributed by atoms with Gasteiger partial charge in [-0.25, -0.2) is 0 Å². The van der Waals surface area contributed by atoms with Gasteiger partial charge in [0.2, 0.25) is 0 Å².